The van der Waals surface area contributed by atoms with Crippen LogP contribution >= 0.6 is 0 Å². The summed E-state index contributed by atoms with van der Waals surface area (Å²) in [5.74, 6) is -0.466. The molecule has 0 heterocycles. The largest absolute Gasteiger partial charge is 3.00 e. The Labute approximate surface area is 138 Å². The van der Waals surface area contributed by atoms with Gasteiger partial charge < -0.3 is 23.7 Å². The molecule has 2 rings (SSSR count). The monoisotopic (exact) mass is 333 g/mol. The van der Waals surface area contributed by atoms with Crippen molar-refractivity contribution in [1.82, 2.24) is 0 Å². The number of fused-ring (bicyclic) bond motifs is 1. The fourth-order valence-corrected chi connectivity index (χ4v) is 1.78. The van der Waals surface area contributed by atoms with E-state index < -0.39 is 11.4 Å². The van der Waals surface area contributed by atoms with E-state index in [0.29, 0.717) is 12.0 Å². The molecule has 1 aromatic carbocycles. The van der Waals surface area contributed by atoms with Crippen LogP contribution in [0.3, 0.4) is 0 Å². The minimum atomic E-state index is -2.03. The van der Waals surface area contributed by atoms with Crippen molar-refractivity contribution in [2.75, 3.05) is 0 Å². The standard InChI is InChI=1S/C11H9O3.2C3H7.Ni/c12-7-11(14)9-4-2-1-3-8(9)5-6-10(11)13;2*1-3-2;/h1-4,14H,5-6H2;2*1,3H2,2H3;/q3*-1;+3/t11-;;;/m0.../s1. The zero-order chi connectivity index (χ0) is 15.6. The molecule has 119 valence electrons. The van der Waals surface area contributed by atoms with Crippen LogP contribution in [0.25, 0.3) is 0 Å². The van der Waals surface area contributed by atoms with Gasteiger partial charge in [-0.2, -0.15) is 12.8 Å². The van der Waals surface area contributed by atoms with Crippen LogP contribution in [-0.4, -0.2) is 17.2 Å². The number of rotatable bonds is 1. The molecule has 0 fully saturated rings. The summed E-state index contributed by atoms with van der Waals surface area (Å²) in [5, 5.41) is 9.83. The van der Waals surface area contributed by atoms with E-state index in [4.69, 9.17) is 0 Å². The fourth-order valence-electron chi connectivity index (χ4n) is 1.78. The summed E-state index contributed by atoms with van der Waals surface area (Å²) in [5.41, 5.74) is -0.807. The molecule has 4 heteroatoms. The molecule has 3 nitrogen and oxygen atoms in total. The number of aliphatic hydroxyl groups is 1. The molecule has 1 aliphatic carbocycles. The average molecular weight is 334 g/mol. The molecule has 0 bridgehead atoms. The minimum Gasteiger partial charge on any atom is -0.538 e. The number of carbonyl (C=O) groups excluding carboxylic acids is 2. The minimum absolute atomic E-state index is 0. The third-order valence-electron chi connectivity index (χ3n) is 2.58. The Morgan fingerprint density at radius 2 is 1.67 bits per heavy atom. The van der Waals surface area contributed by atoms with Crippen LogP contribution in [0.4, 0.5) is 0 Å². The molecule has 0 saturated heterocycles. The summed E-state index contributed by atoms with van der Waals surface area (Å²) < 4.78 is 0. The quantitative estimate of drug-likeness (QED) is 0.488. The molecule has 1 aromatic rings. The van der Waals surface area contributed by atoms with Gasteiger partial charge in [0, 0.05) is 6.42 Å². The van der Waals surface area contributed by atoms with Gasteiger partial charge in [0.05, 0.1) is 5.60 Å². The number of Topliss-reactive ketones (excluding diaryl/α,β-unsaturated/α-hetero) is 1. The second kappa shape index (κ2) is 11.6. The second-order valence-corrected chi connectivity index (χ2v) is 4.39. The molecule has 21 heavy (non-hydrogen) atoms. The zero-order valence-electron chi connectivity index (χ0n) is 12.6. The van der Waals surface area contributed by atoms with Crippen LogP contribution in [0, 0.1) is 13.8 Å². The van der Waals surface area contributed by atoms with Crippen LogP contribution < -0.4 is 0 Å². The van der Waals surface area contributed by atoms with Gasteiger partial charge in [0.25, 0.3) is 0 Å². The van der Waals surface area contributed by atoms with Gasteiger partial charge in [0.2, 0.25) is 0 Å². The Hall–Kier alpha value is -0.986. The summed E-state index contributed by atoms with van der Waals surface area (Å²) in [6.45, 7) is 11.0. The molecule has 1 atom stereocenters. The van der Waals surface area contributed by atoms with Crippen molar-refractivity contribution >= 4 is 12.1 Å². The molecule has 0 aromatic heterocycles. The van der Waals surface area contributed by atoms with Gasteiger partial charge in [-0.15, -0.1) is 0 Å². The van der Waals surface area contributed by atoms with Crippen LogP contribution in [0.1, 0.15) is 44.2 Å². The SMILES string of the molecule is O=[C-][C@@]1(O)C(=O)CCc2ccccc21.[CH2-]CC.[CH2-]CC.[Ni+3]. The van der Waals surface area contributed by atoms with Gasteiger partial charge in [-0.1, -0.05) is 38.1 Å². The summed E-state index contributed by atoms with van der Waals surface area (Å²) in [7, 11) is 0. The number of hydrogen-bond acceptors (Lipinski definition) is 3. The van der Waals surface area contributed by atoms with E-state index in [1.807, 2.05) is 26.0 Å². The van der Waals surface area contributed by atoms with E-state index in [0.717, 1.165) is 18.4 Å². The third-order valence-corrected chi connectivity index (χ3v) is 2.58. The number of benzene rings is 1. The van der Waals surface area contributed by atoms with Gasteiger partial charge in [0.15, 0.2) is 0 Å². The molecule has 1 radical (unpaired) electrons. The van der Waals surface area contributed by atoms with Crippen molar-refractivity contribution in [3.8, 4) is 0 Å². The first kappa shape index (κ1) is 22.3. The van der Waals surface area contributed by atoms with E-state index in [9.17, 15) is 14.7 Å². The average Bonchev–Trinajstić information content (AvgIpc) is 2.45. The Morgan fingerprint density at radius 3 is 2.14 bits per heavy atom. The number of ketones is 1. The van der Waals surface area contributed by atoms with Gasteiger partial charge in [-0.25, -0.2) is 6.29 Å². The summed E-state index contributed by atoms with van der Waals surface area (Å²) in [4.78, 5) is 22.1. The van der Waals surface area contributed by atoms with Gasteiger partial charge in [0.1, 0.15) is 5.78 Å². The predicted molar refractivity (Wildman–Crippen MR) is 80.7 cm³/mol. The van der Waals surface area contributed by atoms with Crippen molar-refractivity contribution < 1.29 is 31.2 Å². The molecule has 1 N–H and O–H groups in total. The number of aryl methyl sites for hydroxylation is 1. The van der Waals surface area contributed by atoms with Crippen molar-refractivity contribution in [3.63, 3.8) is 0 Å². The smallest absolute Gasteiger partial charge is 0.538 e. The molecular weight excluding hydrogens is 311 g/mol. The maximum absolute atomic E-state index is 11.4. The maximum Gasteiger partial charge on any atom is 3.00 e. The molecule has 0 spiro atoms. The molecule has 0 unspecified atom stereocenters. The predicted octanol–water partition coefficient (Wildman–Crippen LogP) is 2.96. The van der Waals surface area contributed by atoms with Gasteiger partial charge in [-0.3, -0.25) is 4.79 Å². The topological polar surface area (TPSA) is 54.4 Å². The Balaban J connectivity index is 0. The van der Waals surface area contributed by atoms with Gasteiger partial charge >= 0.3 is 16.5 Å². The summed E-state index contributed by atoms with van der Waals surface area (Å²) in [6.07, 6.45) is 4.22. The van der Waals surface area contributed by atoms with Gasteiger partial charge in [-0.05, 0) is 17.5 Å². The normalized spacial score (nSPS) is 18.8. The molecule has 0 saturated carbocycles. The zero-order valence-corrected chi connectivity index (χ0v) is 13.6. The fraction of sp³-hybridized carbons (Fsp3) is 0.412. The number of hydrogen-bond donors (Lipinski definition) is 1. The first-order chi connectivity index (χ1) is 9.51. The van der Waals surface area contributed by atoms with Crippen LogP contribution in [-0.2, 0) is 38.1 Å². The van der Waals surface area contributed by atoms with Crippen LogP contribution in [0.2, 0.25) is 0 Å². The second-order valence-electron chi connectivity index (χ2n) is 4.39. The van der Waals surface area contributed by atoms with Crippen LogP contribution in [0.15, 0.2) is 24.3 Å². The van der Waals surface area contributed by atoms with Crippen molar-refractivity contribution in [3.05, 3.63) is 49.2 Å². The summed E-state index contributed by atoms with van der Waals surface area (Å²) in [6, 6.07) is 6.92. The molecule has 0 aliphatic heterocycles. The van der Waals surface area contributed by atoms with E-state index in [1.54, 1.807) is 12.1 Å². The Kier molecular flexibility index (Phi) is 12.4. The third kappa shape index (κ3) is 6.11. The van der Waals surface area contributed by atoms with E-state index in [2.05, 4.69) is 13.8 Å². The molecular formula is C17H23NiO3. The van der Waals surface area contributed by atoms with Crippen LogP contribution in [0.5, 0.6) is 0 Å². The molecule has 1 aliphatic rings. The van der Waals surface area contributed by atoms with E-state index in [1.165, 1.54) is 6.29 Å². The maximum atomic E-state index is 11.4. The first-order valence-corrected chi connectivity index (χ1v) is 6.83. The van der Waals surface area contributed by atoms with Crippen molar-refractivity contribution in [2.45, 2.75) is 45.1 Å². The summed E-state index contributed by atoms with van der Waals surface area (Å²) >= 11 is 0. The van der Waals surface area contributed by atoms with Crippen molar-refractivity contribution in [1.29, 1.82) is 0 Å². The molecule has 0 amide bonds. The Morgan fingerprint density at radius 1 is 1.19 bits per heavy atom. The first-order valence-electron chi connectivity index (χ1n) is 6.83. The van der Waals surface area contributed by atoms with E-state index in [-0.39, 0.29) is 22.9 Å². The van der Waals surface area contributed by atoms with E-state index >= 15 is 0 Å². The Bertz CT molecular complexity index is 430. The number of carbonyl (C=O) groups is 1. The van der Waals surface area contributed by atoms with Crippen molar-refractivity contribution in [2.24, 2.45) is 0 Å².